The Bertz CT molecular complexity index is 527. The van der Waals surface area contributed by atoms with Crippen molar-refractivity contribution in [3.63, 3.8) is 0 Å². The third-order valence-corrected chi connectivity index (χ3v) is 2.65. The first kappa shape index (κ1) is 17.2. The van der Waals surface area contributed by atoms with E-state index in [9.17, 15) is 4.79 Å². The van der Waals surface area contributed by atoms with Crippen LogP contribution >= 0.6 is 12.4 Å². The van der Waals surface area contributed by atoms with Gasteiger partial charge < -0.3 is 19.6 Å². The van der Waals surface area contributed by atoms with Crippen LogP contribution in [0.2, 0.25) is 0 Å². The van der Waals surface area contributed by atoms with Crippen molar-refractivity contribution in [3.05, 3.63) is 24.3 Å². The molecule has 2 rings (SSSR count). The van der Waals surface area contributed by atoms with Gasteiger partial charge in [-0.15, -0.1) is 12.4 Å². The molecule has 0 radical (unpaired) electrons. The monoisotopic (exact) mass is 314 g/mol. The minimum Gasteiger partial charge on any atom is -0.461 e. The number of halogens is 1. The highest BCUT2D eigenvalue weighted by atomic mass is 35.5. The van der Waals surface area contributed by atoms with Gasteiger partial charge >= 0.3 is 0 Å². The molecule has 2 aromatic heterocycles. The van der Waals surface area contributed by atoms with Gasteiger partial charge in [0.15, 0.2) is 5.76 Å². The fraction of sp³-hybridized carbons (Fsp3) is 0.462. The minimum atomic E-state index is -0.0272. The van der Waals surface area contributed by atoms with Crippen molar-refractivity contribution >= 4 is 18.3 Å². The summed E-state index contributed by atoms with van der Waals surface area (Å²) in [5.74, 6) is 1.35. The zero-order valence-corrected chi connectivity index (χ0v) is 12.6. The maximum Gasteiger partial charge on any atom is 0.238 e. The van der Waals surface area contributed by atoms with Gasteiger partial charge in [-0.05, 0) is 18.7 Å². The molecule has 0 unspecified atom stereocenters. The quantitative estimate of drug-likeness (QED) is 0.716. The molecule has 21 heavy (non-hydrogen) atoms. The SMILES string of the molecule is CCNCCNC(=O)CCc1nc(-c2ccco2)no1.Cl. The normalized spacial score (nSPS) is 10.1. The largest absolute Gasteiger partial charge is 0.461 e. The Hall–Kier alpha value is -1.86. The number of rotatable bonds is 8. The standard InChI is InChI=1S/C13H18N4O3.ClH/c1-2-14-7-8-15-11(18)5-6-12-16-13(17-20-12)10-4-3-9-19-10;/h3-4,9,14H,2,5-8H2,1H3,(H,15,18);1H. The maximum absolute atomic E-state index is 11.6. The molecule has 7 nitrogen and oxygen atoms in total. The summed E-state index contributed by atoms with van der Waals surface area (Å²) in [6.07, 6.45) is 2.29. The highest BCUT2D eigenvalue weighted by Gasteiger charge is 2.11. The number of hydrogen-bond donors (Lipinski definition) is 2. The number of furan rings is 1. The summed E-state index contributed by atoms with van der Waals surface area (Å²) in [5.41, 5.74) is 0. The van der Waals surface area contributed by atoms with E-state index in [-0.39, 0.29) is 18.3 Å². The Balaban J connectivity index is 0.00000220. The van der Waals surface area contributed by atoms with Crippen LogP contribution in [0.3, 0.4) is 0 Å². The van der Waals surface area contributed by atoms with Crippen molar-refractivity contribution in [3.8, 4) is 11.6 Å². The lowest BCUT2D eigenvalue weighted by Crippen LogP contribution is -2.31. The molecule has 0 atom stereocenters. The van der Waals surface area contributed by atoms with Gasteiger partial charge in [0.25, 0.3) is 0 Å². The van der Waals surface area contributed by atoms with Gasteiger partial charge in [0.2, 0.25) is 17.6 Å². The second-order valence-electron chi connectivity index (χ2n) is 4.19. The van der Waals surface area contributed by atoms with E-state index in [2.05, 4.69) is 20.8 Å². The Morgan fingerprint density at radius 1 is 1.38 bits per heavy atom. The van der Waals surface area contributed by atoms with Gasteiger partial charge in [-0.2, -0.15) is 4.98 Å². The fourth-order valence-electron chi connectivity index (χ4n) is 1.64. The summed E-state index contributed by atoms with van der Waals surface area (Å²) in [6, 6.07) is 3.51. The van der Waals surface area contributed by atoms with E-state index in [4.69, 9.17) is 8.94 Å². The summed E-state index contributed by atoms with van der Waals surface area (Å²) >= 11 is 0. The Morgan fingerprint density at radius 2 is 2.24 bits per heavy atom. The number of hydrogen-bond acceptors (Lipinski definition) is 6. The molecule has 8 heteroatoms. The number of nitrogens with zero attached hydrogens (tertiary/aromatic N) is 2. The summed E-state index contributed by atoms with van der Waals surface area (Å²) in [4.78, 5) is 15.7. The molecule has 2 heterocycles. The van der Waals surface area contributed by atoms with Gasteiger partial charge in [-0.1, -0.05) is 12.1 Å². The highest BCUT2D eigenvalue weighted by Crippen LogP contribution is 2.16. The second kappa shape index (κ2) is 9.15. The van der Waals surface area contributed by atoms with Crippen molar-refractivity contribution in [1.29, 1.82) is 0 Å². The molecule has 0 aliphatic carbocycles. The van der Waals surface area contributed by atoms with E-state index < -0.39 is 0 Å². The minimum absolute atomic E-state index is 0. The molecule has 116 valence electrons. The Labute approximate surface area is 128 Å². The highest BCUT2D eigenvalue weighted by molar-refractivity contribution is 5.85. The number of amides is 1. The smallest absolute Gasteiger partial charge is 0.238 e. The zero-order chi connectivity index (χ0) is 14.2. The van der Waals surface area contributed by atoms with Crippen molar-refractivity contribution in [1.82, 2.24) is 20.8 Å². The molecule has 2 N–H and O–H groups in total. The fourth-order valence-corrected chi connectivity index (χ4v) is 1.64. The Morgan fingerprint density at radius 3 is 2.95 bits per heavy atom. The van der Waals surface area contributed by atoms with Crippen LogP contribution in [0.25, 0.3) is 11.6 Å². The van der Waals surface area contributed by atoms with Crippen LogP contribution in [0.1, 0.15) is 19.2 Å². The molecule has 0 spiro atoms. The van der Waals surface area contributed by atoms with E-state index in [1.54, 1.807) is 18.4 Å². The van der Waals surface area contributed by atoms with Gasteiger partial charge in [-0.3, -0.25) is 4.79 Å². The average molecular weight is 315 g/mol. The molecule has 1 amide bonds. The molecule has 0 fully saturated rings. The predicted molar refractivity (Wildman–Crippen MR) is 79.1 cm³/mol. The van der Waals surface area contributed by atoms with Gasteiger partial charge in [0, 0.05) is 25.9 Å². The Kier molecular flexibility index (Phi) is 7.49. The first-order valence-corrected chi connectivity index (χ1v) is 6.63. The molecular weight excluding hydrogens is 296 g/mol. The number of likely N-dealkylation sites (N-methyl/N-ethyl adjacent to an activating group) is 1. The first-order chi connectivity index (χ1) is 9.79. The molecule has 2 aromatic rings. The molecule has 0 saturated heterocycles. The van der Waals surface area contributed by atoms with Gasteiger partial charge in [0.1, 0.15) is 0 Å². The first-order valence-electron chi connectivity index (χ1n) is 6.63. The lowest BCUT2D eigenvalue weighted by molar-refractivity contribution is -0.121. The summed E-state index contributed by atoms with van der Waals surface area (Å²) < 4.78 is 10.2. The van der Waals surface area contributed by atoms with Crippen LogP contribution in [0.5, 0.6) is 0 Å². The van der Waals surface area contributed by atoms with Crippen LogP contribution in [-0.4, -0.2) is 35.7 Å². The molecule has 0 aliphatic heterocycles. The van der Waals surface area contributed by atoms with Crippen LogP contribution < -0.4 is 10.6 Å². The number of carbonyl (C=O) groups excluding carboxylic acids is 1. The van der Waals surface area contributed by atoms with Crippen LogP contribution in [0.15, 0.2) is 27.3 Å². The number of aromatic nitrogens is 2. The predicted octanol–water partition coefficient (Wildman–Crippen LogP) is 1.41. The molecule has 0 aromatic carbocycles. The molecule has 0 aliphatic rings. The van der Waals surface area contributed by atoms with Crippen LogP contribution in [0, 0.1) is 0 Å². The number of aryl methyl sites for hydroxylation is 1. The van der Waals surface area contributed by atoms with Crippen molar-refractivity contribution in [2.75, 3.05) is 19.6 Å². The van der Waals surface area contributed by atoms with E-state index in [1.165, 1.54) is 0 Å². The van der Waals surface area contributed by atoms with E-state index in [1.807, 2.05) is 6.92 Å². The summed E-state index contributed by atoms with van der Waals surface area (Å²) in [6.45, 7) is 4.31. The van der Waals surface area contributed by atoms with Gasteiger partial charge in [-0.25, -0.2) is 0 Å². The lowest BCUT2D eigenvalue weighted by Gasteiger charge is -2.03. The summed E-state index contributed by atoms with van der Waals surface area (Å²) in [5, 5.41) is 9.74. The van der Waals surface area contributed by atoms with Crippen molar-refractivity contribution in [2.24, 2.45) is 0 Å². The van der Waals surface area contributed by atoms with E-state index in [0.717, 1.165) is 13.1 Å². The third kappa shape index (κ3) is 5.57. The molecular formula is C13H19ClN4O3. The average Bonchev–Trinajstić information content (AvgIpc) is 3.11. The second-order valence-corrected chi connectivity index (χ2v) is 4.19. The topological polar surface area (TPSA) is 93.2 Å². The van der Waals surface area contributed by atoms with Crippen LogP contribution in [0.4, 0.5) is 0 Å². The number of carbonyl (C=O) groups is 1. The van der Waals surface area contributed by atoms with Crippen LogP contribution in [-0.2, 0) is 11.2 Å². The number of nitrogens with one attached hydrogen (secondary N) is 2. The van der Waals surface area contributed by atoms with Gasteiger partial charge in [0.05, 0.1) is 6.26 Å². The molecule has 0 saturated carbocycles. The van der Waals surface area contributed by atoms with Crippen molar-refractivity contribution < 1.29 is 13.7 Å². The molecule has 0 bridgehead atoms. The van der Waals surface area contributed by atoms with Crippen molar-refractivity contribution in [2.45, 2.75) is 19.8 Å². The third-order valence-electron chi connectivity index (χ3n) is 2.65. The zero-order valence-electron chi connectivity index (χ0n) is 11.8. The van der Waals surface area contributed by atoms with E-state index >= 15 is 0 Å². The lowest BCUT2D eigenvalue weighted by atomic mass is 10.3. The van der Waals surface area contributed by atoms with E-state index in [0.29, 0.717) is 36.9 Å². The maximum atomic E-state index is 11.6. The summed E-state index contributed by atoms with van der Waals surface area (Å²) in [7, 11) is 0.